The molecule has 7 heteroatoms. The maximum Gasteiger partial charge on any atom is 0.416 e. The molecule has 0 N–H and O–H groups in total. The first kappa shape index (κ1) is 33.0. The molecule has 0 bridgehead atoms. The van der Waals surface area contributed by atoms with E-state index < -0.39 is 11.7 Å². The Bertz CT molecular complexity index is 1160. The molecular weight excluding hydrogens is 572 g/mol. The quantitative estimate of drug-likeness (QED) is 0.298. The van der Waals surface area contributed by atoms with Crippen LogP contribution in [0.25, 0.3) is 21.9 Å². The molecule has 1 atom stereocenters. The van der Waals surface area contributed by atoms with Crippen molar-refractivity contribution in [2.24, 2.45) is 5.92 Å². The molecule has 0 saturated carbocycles. The predicted molar refractivity (Wildman–Crippen MR) is 127 cm³/mol. The van der Waals surface area contributed by atoms with Crippen molar-refractivity contribution in [1.82, 2.24) is 0 Å². The Morgan fingerprint density at radius 1 is 0.912 bits per heavy atom. The molecule has 0 radical (unpaired) electrons. The van der Waals surface area contributed by atoms with E-state index in [1.807, 2.05) is 30.3 Å². The van der Waals surface area contributed by atoms with Crippen LogP contribution in [0.2, 0.25) is 13.1 Å². The van der Waals surface area contributed by atoms with Crippen molar-refractivity contribution < 1.29 is 61.3 Å². The Hall–Kier alpha value is -1.00. The summed E-state index contributed by atoms with van der Waals surface area (Å²) in [6, 6.07) is 16.7. The van der Waals surface area contributed by atoms with Gasteiger partial charge in [-0.2, -0.15) is 24.3 Å². The molecule has 3 aromatic carbocycles. The topological polar surface area (TPSA) is 0 Å². The van der Waals surface area contributed by atoms with Crippen molar-refractivity contribution in [1.29, 1.82) is 0 Å². The van der Waals surface area contributed by atoms with Gasteiger partial charge in [-0.1, -0.05) is 62.6 Å². The summed E-state index contributed by atoms with van der Waals surface area (Å²) in [6.45, 7) is 13.3. The van der Waals surface area contributed by atoms with Gasteiger partial charge in [0.1, 0.15) is 0 Å². The first-order valence-electron chi connectivity index (χ1n) is 10.5. The zero-order chi connectivity index (χ0) is 24.1. The Kier molecular flexibility index (Phi) is 14.1. The standard InChI is InChI=1S/C16H10F3.C9H13.C2H6Si.2ClH.Zr/c17-16(18,19)15-8-4-3-7-14(15)13-10-9-11-5-1-2-6-12(11)13;1-6-5-7(2)9(4)8(6)3;1-3-2;;;/h1-10H;6H,1-4H3;1-2H3;2*1H;/q2*-1;;;;+2/p-2. The largest absolute Gasteiger partial charge is 1.00 e. The van der Waals surface area contributed by atoms with E-state index in [0.29, 0.717) is 11.5 Å². The molecule has 4 rings (SSSR count). The van der Waals surface area contributed by atoms with E-state index in [1.165, 1.54) is 28.9 Å². The number of allylic oxidation sites excluding steroid dienone is 4. The second kappa shape index (κ2) is 14.5. The summed E-state index contributed by atoms with van der Waals surface area (Å²) in [5.74, 6) is 0.560. The maximum absolute atomic E-state index is 13.0. The molecule has 1 unspecified atom stereocenters. The smallest absolute Gasteiger partial charge is 0.416 e. The van der Waals surface area contributed by atoms with Gasteiger partial charge in [-0.3, -0.25) is 6.08 Å². The minimum absolute atomic E-state index is 0. The van der Waals surface area contributed by atoms with E-state index in [2.05, 4.69) is 46.9 Å². The number of hydrogen-bond donors (Lipinski definition) is 0. The van der Waals surface area contributed by atoms with Crippen molar-refractivity contribution in [3.63, 3.8) is 0 Å². The van der Waals surface area contributed by atoms with Gasteiger partial charge < -0.3 is 24.8 Å². The van der Waals surface area contributed by atoms with Crippen LogP contribution in [0.1, 0.15) is 33.3 Å². The summed E-state index contributed by atoms with van der Waals surface area (Å²) in [7, 11) is 0. The number of hydrogen-bond acceptors (Lipinski definition) is 0. The molecular formula is C27H29Cl2F3SiZr-2. The fourth-order valence-corrected chi connectivity index (χ4v) is 3.51. The minimum atomic E-state index is -4.34. The zero-order valence-electron chi connectivity index (χ0n) is 20.2. The predicted octanol–water partition coefficient (Wildman–Crippen LogP) is 2.76. The molecule has 0 heterocycles. The molecule has 1 aliphatic rings. The first-order valence-corrected chi connectivity index (χ1v) is 16.7. The molecule has 0 aromatic heterocycles. The molecule has 0 spiro atoms. The second-order valence-electron chi connectivity index (χ2n) is 8.18. The van der Waals surface area contributed by atoms with Crippen LogP contribution in [0.4, 0.5) is 13.2 Å². The van der Waals surface area contributed by atoms with E-state index in [4.69, 9.17) is 0 Å². The van der Waals surface area contributed by atoms with Gasteiger partial charge in [-0.05, 0) is 0 Å². The van der Waals surface area contributed by atoms with Crippen molar-refractivity contribution in [3.05, 3.63) is 89.0 Å². The van der Waals surface area contributed by atoms with Crippen LogP contribution in [0.3, 0.4) is 0 Å². The molecule has 0 nitrogen and oxygen atoms in total. The number of fused-ring (bicyclic) bond motifs is 1. The SMILES string of the molecule is CC1=[C-]C(C)C(C)=C1C.C[Si](C)=[Zr+2].FC(F)(F)c1ccccc1-c1c[cH-]c2ccccc12.[Cl-].[Cl-]. The molecule has 1 aliphatic carbocycles. The number of rotatable bonds is 1. The van der Waals surface area contributed by atoms with Gasteiger partial charge in [0.15, 0.2) is 0 Å². The fourth-order valence-electron chi connectivity index (χ4n) is 3.51. The third-order valence-corrected chi connectivity index (χ3v) is 5.44. The van der Waals surface area contributed by atoms with Crippen molar-refractivity contribution in [2.45, 2.75) is 47.0 Å². The zero-order valence-corrected chi connectivity index (χ0v) is 25.2. The third kappa shape index (κ3) is 8.90. The summed E-state index contributed by atoms with van der Waals surface area (Å²) in [5.41, 5.74) is 4.73. The van der Waals surface area contributed by atoms with Crippen molar-refractivity contribution in [2.75, 3.05) is 0 Å². The van der Waals surface area contributed by atoms with Gasteiger partial charge in [-0.25, -0.2) is 5.57 Å². The summed E-state index contributed by atoms with van der Waals surface area (Å²) in [6.07, 6.45) is -0.980. The van der Waals surface area contributed by atoms with Crippen LogP contribution < -0.4 is 24.8 Å². The molecule has 34 heavy (non-hydrogen) atoms. The van der Waals surface area contributed by atoms with Gasteiger partial charge in [0.2, 0.25) is 0 Å². The van der Waals surface area contributed by atoms with E-state index in [9.17, 15) is 13.2 Å². The Balaban J connectivity index is 0.000000614. The maximum atomic E-state index is 13.0. The molecule has 0 saturated heterocycles. The van der Waals surface area contributed by atoms with Crippen LogP contribution in [-0.4, -0.2) is 5.43 Å². The Morgan fingerprint density at radius 3 is 1.91 bits per heavy atom. The van der Waals surface area contributed by atoms with Crippen LogP contribution in [0.5, 0.6) is 0 Å². The summed E-state index contributed by atoms with van der Waals surface area (Å²) in [5, 5.41) is 1.80. The minimum Gasteiger partial charge on any atom is -1.00 e. The average Bonchev–Trinajstić information content (AvgIpc) is 3.24. The third-order valence-electron chi connectivity index (χ3n) is 5.44. The van der Waals surface area contributed by atoms with E-state index in [-0.39, 0.29) is 35.8 Å². The van der Waals surface area contributed by atoms with Crippen LogP contribution >= 0.6 is 0 Å². The van der Waals surface area contributed by atoms with Gasteiger partial charge in [0.05, 0.1) is 5.56 Å². The summed E-state index contributed by atoms with van der Waals surface area (Å²) >= 11 is 1.74. The van der Waals surface area contributed by atoms with Gasteiger partial charge in [0.25, 0.3) is 0 Å². The van der Waals surface area contributed by atoms with Crippen LogP contribution in [-0.2, 0) is 29.5 Å². The number of halogens is 5. The normalized spacial score (nSPS) is 14.7. The number of benzene rings is 2. The van der Waals surface area contributed by atoms with E-state index in [0.717, 1.165) is 16.8 Å². The average molecular weight is 601 g/mol. The van der Waals surface area contributed by atoms with Crippen molar-refractivity contribution >= 4 is 16.2 Å². The molecule has 0 fully saturated rings. The molecule has 0 aliphatic heterocycles. The molecule has 3 aromatic rings. The molecule has 182 valence electrons. The van der Waals surface area contributed by atoms with Gasteiger partial charge >= 0.3 is 48.0 Å². The number of alkyl halides is 3. The van der Waals surface area contributed by atoms with Crippen LogP contribution in [0, 0.1) is 12.0 Å². The van der Waals surface area contributed by atoms with Crippen molar-refractivity contribution in [3.8, 4) is 11.1 Å². The van der Waals surface area contributed by atoms with Gasteiger partial charge in [0, 0.05) is 0 Å². The summed E-state index contributed by atoms with van der Waals surface area (Å²) < 4.78 is 39.1. The Morgan fingerprint density at radius 2 is 1.44 bits per heavy atom. The fraction of sp³-hybridized carbons (Fsp3) is 0.296. The van der Waals surface area contributed by atoms with Crippen LogP contribution in [0.15, 0.2) is 77.4 Å². The van der Waals surface area contributed by atoms with E-state index >= 15 is 0 Å². The Labute approximate surface area is 229 Å². The second-order valence-corrected chi connectivity index (χ2v) is 17.6. The monoisotopic (exact) mass is 598 g/mol. The first-order chi connectivity index (χ1) is 14.9. The summed E-state index contributed by atoms with van der Waals surface area (Å²) in [4.78, 5) is 0. The molecule has 0 amide bonds. The van der Waals surface area contributed by atoms with Gasteiger partial charge in [-0.15, -0.1) is 53.6 Å². The van der Waals surface area contributed by atoms with E-state index in [1.54, 1.807) is 35.5 Å².